The van der Waals surface area contributed by atoms with Crippen molar-refractivity contribution in [2.45, 2.75) is 13.0 Å². The molecule has 0 aliphatic carbocycles. The summed E-state index contributed by atoms with van der Waals surface area (Å²) < 4.78 is 10.4. The van der Waals surface area contributed by atoms with Crippen LogP contribution in [0.5, 0.6) is 0 Å². The number of aromatic carboxylic acids is 1. The van der Waals surface area contributed by atoms with E-state index in [0.717, 1.165) is 16.7 Å². The number of nitrogens with one attached hydrogen (secondary N) is 1. The van der Waals surface area contributed by atoms with Crippen molar-refractivity contribution in [1.29, 1.82) is 0 Å². The first kappa shape index (κ1) is 21.8. The summed E-state index contributed by atoms with van der Waals surface area (Å²) in [7, 11) is 1.29. The summed E-state index contributed by atoms with van der Waals surface area (Å²) in [6.07, 6.45) is -0.956. The zero-order valence-electron chi connectivity index (χ0n) is 14.2. The van der Waals surface area contributed by atoms with Gasteiger partial charge in [-0.05, 0) is 30.2 Å². The number of rotatable bonds is 7. The van der Waals surface area contributed by atoms with Gasteiger partial charge in [0.2, 0.25) is 0 Å². The van der Waals surface area contributed by atoms with E-state index in [2.05, 4.69) is 10.1 Å². The summed E-state index contributed by atoms with van der Waals surface area (Å²) in [5.41, 5.74) is 2.93. The molecule has 2 rings (SSSR count). The Morgan fingerprint density at radius 1 is 1.12 bits per heavy atom. The van der Waals surface area contributed by atoms with E-state index >= 15 is 0 Å². The summed E-state index contributed by atoms with van der Waals surface area (Å²) in [5.74, 6) is -0.989. The van der Waals surface area contributed by atoms with Crippen LogP contribution < -0.4 is 5.32 Å². The number of aryl methyl sites for hydroxylation is 1. The molecule has 0 saturated carbocycles. The maximum absolute atomic E-state index is 11.2. The summed E-state index contributed by atoms with van der Waals surface area (Å²) in [4.78, 5) is 22.3. The van der Waals surface area contributed by atoms with Gasteiger partial charge in [0.25, 0.3) is 0 Å². The second-order valence-electron chi connectivity index (χ2n) is 5.51. The number of ether oxygens (including phenoxy) is 2. The molecule has 0 bridgehead atoms. The summed E-state index contributed by atoms with van der Waals surface area (Å²) >= 11 is 0. The third-order valence-corrected chi connectivity index (χ3v) is 3.62. The van der Waals surface area contributed by atoms with Crippen LogP contribution in [0.4, 0.5) is 4.79 Å². The first-order valence-corrected chi connectivity index (χ1v) is 7.84. The molecule has 0 spiro atoms. The van der Waals surface area contributed by atoms with Crippen LogP contribution >= 0.6 is 0 Å². The molecular formula is C19H22LiNO5. The molecule has 134 valence electrons. The van der Waals surface area contributed by atoms with Gasteiger partial charge >= 0.3 is 30.9 Å². The van der Waals surface area contributed by atoms with Crippen LogP contribution in [0.15, 0.2) is 48.5 Å². The first-order chi connectivity index (χ1) is 12.0. The molecule has 2 aromatic carbocycles. The van der Waals surface area contributed by atoms with Gasteiger partial charge in [0.15, 0.2) is 0 Å². The third-order valence-electron chi connectivity index (χ3n) is 3.62. The number of methoxy groups -OCH3 is 1. The zero-order chi connectivity index (χ0) is 18.2. The Morgan fingerprint density at radius 2 is 1.77 bits per heavy atom. The standard InChI is InChI=1S/C19H21NO5.Li.H/c1-13-5-3-6-14(11-13)17(25-10-9-20-19(23)24-2)15-7-4-8-16(12-15)18(21)22;;/h3-8,11-12,17H,9-10H2,1-2H3,(H,20,23)(H,21,22);;. The molecule has 7 heteroatoms. The molecule has 2 N–H and O–H groups in total. The van der Waals surface area contributed by atoms with Gasteiger partial charge in [-0.15, -0.1) is 0 Å². The second kappa shape index (κ2) is 10.7. The van der Waals surface area contributed by atoms with Crippen molar-refractivity contribution in [3.63, 3.8) is 0 Å². The number of amides is 1. The Kier molecular flexibility index (Phi) is 8.93. The van der Waals surface area contributed by atoms with Gasteiger partial charge < -0.3 is 19.9 Å². The Hall–Kier alpha value is -2.26. The van der Waals surface area contributed by atoms with E-state index in [1.54, 1.807) is 12.1 Å². The first-order valence-electron chi connectivity index (χ1n) is 7.84. The number of hydrogen-bond acceptors (Lipinski definition) is 4. The number of alkyl carbamates (subject to hydrolysis) is 1. The van der Waals surface area contributed by atoms with Gasteiger partial charge in [0, 0.05) is 6.54 Å². The maximum atomic E-state index is 11.2. The molecule has 6 nitrogen and oxygen atoms in total. The van der Waals surface area contributed by atoms with Crippen LogP contribution in [-0.2, 0) is 9.47 Å². The number of carbonyl (C=O) groups excluding carboxylic acids is 1. The SMILES string of the molecule is COC(=O)NCCOC(c1cccc(C)c1)c1cccc(C(=O)O)c1.[LiH]. The van der Waals surface area contributed by atoms with Crippen LogP contribution in [0.1, 0.15) is 33.2 Å². The molecule has 0 aliphatic heterocycles. The average Bonchev–Trinajstić information content (AvgIpc) is 2.61. The normalized spacial score (nSPS) is 11.2. The van der Waals surface area contributed by atoms with Gasteiger partial charge in [0.05, 0.1) is 19.3 Å². The fourth-order valence-corrected chi connectivity index (χ4v) is 2.45. The number of carboxylic acids is 1. The molecule has 1 amide bonds. The number of benzene rings is 2. The molecule has 26 heavy (non-hydrogen) atoms. The number of carbonyl (C=O) groups is 2. The van der Waals surface area contributed by atoms with E-state index in [1.165, 1.54) is 13.2 Å². The third kappa shape index (κ3) is 6.23. The Balaban J connectivity index is 0.00000338. The average molecular weight is 351 g/mol. The molecule has 0 aromatic heterocycles. The molecule has 0 fully saturated rings. The fourth-order valence-electron chi connectivity index (χ4n) is 2.45. The summed E-state index contributed by atoms with van der Waals surface area (Å²) in [6.45, 7) is 2.52. The van der Waals surface area contributed by atoms with E-state index in [9.17, 15) is 14.7 Å². The molecule has 1 atom stereocenters. The van der Waals surface area contributed by atoms with Gasteiger partial charge in [-0.1, -0.05) is 42.0 Å². The summed E-state index contributed by atoms with van der Waals surface area (Å²) in [5, 5.41) is 11.8. The minimum absolute atomic E-state index is 0. The van der Waals surface area contributed by atoms with Gasteiger partial charge in [-0.3, -0.25) is 0 Å². The number of hydrogen-bond donors (Lipinski definition) is 2. The van der Waals surface area contributed by atoms with Gasteiger partial charge in [0.1, 0.15) is 6.10 Å². The molecule has 0 radical (unpaired) electrons. The molecule has 0 heterocycles. The topological polar surface area (TPSA) is 84.9 Å². The quantitative estimate of drug-likeness (QED) is 0.591. The summed E-state index contributed by atoms with van der Waals surface area (Å²) in [6, 6.07) is 14.5. The van der Waals surface area contributed by atoms with Crippen molar-refractivity contribution in [3.8, 4) is 0 Å². The zero-order valence-corrected chi connectivity index (χ0v) is 14.2. The Labute approximate surface area is 164 Å². The predicted octanol–water partition coefficient (Wildman–Crippen LogP) is 2.51. The molecule has 2 aromatic rings. The van der Waals surface area contributed by atoms with Crippen LogP contribution in [0, 0.1) is 6.92 Å². The Bertz CT molecular complexity index is 750. The molecule has 1 unspecified atom stereocenters. The van der Waals surface area contributed by atoms with Crippen LogP contribution in [0.3, 0.4) is 0 Å². The fraction of sp³-hybridized carbons (Fsp3) is 0.263. The van der Waals surface area contributed by atoms with Crippen molar-refractivity contribution in [1.82, 2.24) is 5.32 Å². The van der Waals surface area contributed by atoms with E-state index < -0.39 is 18.2 Å². The van der Waals surface area contributed by atoms with Gasteiger partial charge in [-0.2, -0.15) is 0 Å². The van der Waals surface area contributed by atoms with E-state index in [1.807, 2.05) is 37.3 Å². The van der Waals surface area contributed by atoms with Crippen LogP contribution in [-0.4, -0.2) is 56.3 Å². The minimum atomic E-state index is -0.989. The van der Waals surface area contributed by atoms with Crippen molar-refractivity contribution >= 4 is 30.9 Å². The van der Waals surface area contributed by atoms with E-state index in [4.69, 9.17) is 4.74 Å². The Morgan fingerprint density at radius 3 is 2.38 bits per heavy atom. The molecule has 0 saturated heterocycles. The number of carboxylic acid groups (broad SMARTS) is 1. The van der Waals surface area contributed by atoms with Crippen LogP contribution in [0.25, 0.3) is 0 Å². The monoisotopic (exact) mass is 351 g/mol. The molecule has 0 aliphatic rings. The van der Waals surface area contributed by atoms with Crippen LogP contribution in [0.2, 0.25) is 0 Å². The van der Waals surface area contributed by atoms with Crippen molar-refractivity contribution in [3.05, 3.63) is 70.8 Å². The van der Waals surface area contributed by atoms with E-state index in [-0.39, 0.29) is 37.6 Å². The molecular weight excluding hydrogens is 329 g/mol. The van der Waals surface area contributed by atoms with Crippen molar-refractivity contribution < 1.29 is 24.2 Å². The van der Waals surface area contributed by atoms with Crippen molar-refractivity contribution in [2.24, 2.45) is 0 Å². The van der Waals surface area contributed by atoms with E-state index in [0.29, 0.717) is 0 Å². The predicted molar refractivity (Wildman–Crippen MR) is 99.9 cm³/mol. The van der Waals surface area contributed by atoms with Gasteiger partial charge in [-0.25, -0.2) is 9.59 Å². The second-order valence-corrected chi connectivity index (χ2v) is 5.51. The van der Waals surface area contributed by atoms with Crippen molar-refractivity contribution in [2.75, 3.05) is 20.3 Å².